The Balaban J connectivity index is 3.25. The van der Waals surface area contributed by atoms with E-state index in [9.17, 15) is 14.4 Å². The third-order valence-electron chi connectivity index (χ3n) is 3.15. The summed E-state index contributed by atoms with van der Waals surface area (Å²) >= 11 is 1.99. The lowest BCUT2D eigenvalue weighted by Gasteiger charge is -2.25. The number of nitrogens with one attached hydrogen (secondary N) is 1. The minimum absolute atomic E-state index is 0.422. The predicted octanol–water partition coefficient (Wildman–Crippen LogP) is 2.31. The van der Waals surface area contributed by atoms with Crippen LogP contribution in [-0.4, -0.2) is 41.7 Å². The van der Waals surface area contributed by atoms with Crippen LogP contribution in [0.3, 0.4) is 0 Å². The van der Waals surface area contributed by atoms with Crippen molar-refractivity contribution in [2.24, 2.45) is 0 Å². The fourth-order valence-electron chi connectivity index (χ4n) is 1.96. The minimum atomic E-state index is -1.28. The Morgan fingerprint density at radius 1 is 1.24 bits per heavy atom. The van der Waals surface area contributed by atoms with E-state index < -0.39 is 35.4 Å². The quantitative estimate of drug-likeness (QED) is 0.382. The summed E-state index contributed by atoms with van der Waals surface area (Å²) in [7, 11) is 1.51. The van der Waals surface area contributed by atoms with E-state index in [0.717, 1.165) is 0 Å². The minimum Gasteiger partial charge on any atom is -0.497 e. The zero-order valence-electron chi connectivity index (χ0n) is 14.8. The third-order valence-corrected chi connectivity index (χ3v) is 4.09. The average molecular weight is 463 g/mol. The molecule has 0 saturated heterocycles. The zero-order valence-corrected chi connectivity index (χ0v) is 16.9. The maximum atomic E-state index is 12.6. The van der Waals surface area contributed by atoms with Crippen LogP contribution in [0.5, 0.6) is 5.75 Å². The number of amides is 1. The highest BCUT2D eigenvalue weighted by Gasteiger charge is 2.35. The van der Waals surface area contributed by atoms with Crippen molar-refractivity contribution in [1.82, 2.24) is 5.32 Å². The molecule has 1 unspecified atom stereocenters. The predicted molar refractivity (Wildman–Crippen MR) is 99.5 cm³/mol. The summed E-state index contributed by atoms with van der Waals surface area (Å²) in [5, 5.41) is 11.3. The number of aliphatic carboxylic acids is 1. The van der Waals surface area contributed by atoms with E-state index in [1.54, 1.807) is 39.0 Å². The normalized spacial score (nSPS) is 13.5. The Bertz CT molecular complexity index is 668. The van der Waals surface area contributed by atoms with Gasteiger partial charge >= 0.3 is 11.9 Å². The van der Waals surface area contributed by atoms with Gasteiger partial charge in [-0.2, -0.15) is 0 Å². The molecule has 25 heavy (non-hydrogen) atoms. The summed E-state index contributed by atoms with van der Waals surface area (Å²) in [6.45, 7) is 6.40. The number of esters is 1. The first-order valence-electron chi connectivity index (χ1n) is 7.55. The van der Waals surface area contributed by atoms with Gasteiger partial charge in [0.1, 0.15) is 17.4 Å². The summed E-state index contributed by atoms with van der Waals surface area (Å²) in [4.78, 5) is 36.2. The van der Waals surface area contributed by atoms with Crippen molar-refractivity contribution in [3.8, 4) is 5.75 Å². The lowest BCUT2D eigenvalue weighted by molar-refractivity contribution is -0.159. The van der Waals surface area contributed by atoms with Gasteiger partial charge in [0.15, 0.2) is 5.92 Å². The second kappa shape index (κ2) is 8.50. The van der Waals surface area contributed by atoms with Crippen molar-refractivity contribution < 1.29 is 29.0 Å². The first-order chi connectivity index (χ1) is 11.5. The molecule has 2 atom stereocenters. The van der Waals surface area contributed by atoms with Gasteiger partial charge in [-0.05, 0) is 68.0 Å². The highest BCUT2D eigenvalue weighted by molar-refractivity contribution is 14.1. The van der Waals surface area contributed by atoms with Gasteiger partial charge in [-0.1, -0.05) is 6.07 Å². The van der Waals surface area contributed by atoms with Crippen LogP contribution >= 0.6 is 22.6 Å². The lowest BCUT2D eigenvalue weighted by Crippen LogP contribution is -2.44. The molecule has 0 saturated carbocycles. The Hall–Kier alpha value is -1.84. The highest BCUT2D eigenvalue weighted by Crippen LogP contribution is 2.28. The molecular weight excluding hydrogens is 441 g/mol. The molecule has 1 aromatic rings. The lowest BCUT2D eigenvalue weighted by atomic mass is 9.97. The highest BCUT2D eigenvalue weighted by atomic mass is 127. The van der Waals surface area contributed by atoms with E-state index in [1.807, 2.05) is 22.6 Å². The van der Waals surface area contributed by atoms with E-state index >= 15 is 0 Å². The molecule has 0 heterocycles. The first kappa shape index (κ1) is 21.2. The van der Waals surface area contributed by atoms with Crippen molar-refractivity contribution in [2.75, 3.05) is 7.11 Å². The summed E-state index contributed by atoms with van der Waals surface area (Å²) in [6, 6.07) is 3.78. The van der Waals surface area contributed by atoms with Gasteiger partial charge in [0, 0.05) is 3.57 Å². The van der Waals surface area contributed by atoms with Crippen LogP contribution in [-0.2, 0) is 19.1 Å². The summed E-state index contributed by atoms with van der Waals surface area (Å²) in [5.74, 6) is -3.37. The van der Waals surface area contributed by atoms with Crippen LogP contribution < -0.4 is 10.1 Å². The summed E-state index contributed by atoms with van der Waals surface area (Å²) < 4.78 is 11.1. The number of hydrogen-bond acceptors (Lipinski definition) is 5. The molecule has 0 spiro atoms. The maximum absolute atomic E-state index is 12.6. The SMILES string of the molecule is COc1ccc(C(C(=O)N[C@@H](C)C(=O)O)C(=O)OC(C)(C)C)c(I)c1. The van der Waals surface area contributed by atoms with Crippen LogP contribution in [0.4, 0.5) is 0 Å². The molecule has 0 bridgehead atoms. The standard InChI is InChI=1S/C17H22INO6/c1-9(15(21)22)19-14(20)13(16(23)25-17(2,3)4)11-7-6-10(24-5)8-12(11)18/h6-9,13H,1-5H3,(H,19,20)(H,21,22)/t9-,13?/m0/s1. The Morgan fingerprint density at radius 3 is 2.28 bits per heavy atom. The van der Waals surface area contributed by atoms with Crippen LogP contribution in [0.1, 0.15) is 39.2 Å². The van der Waals surface area contributed by atoms with Crippen LogP contribution in [0, 0.1) is 3.57 Å². The molecule has 2 N–H and O–H groups in total. The van der Waals surface area contributed by atoms with E-state index in [2.05, 4.69) is 5.32 Å². The van der Waals surface area contributed by atoms with Crippen LogP contribution in [0.25, 0.3) is 0 Å². The smallest absolute Gasteiger partial charge is 0.325 e. The Kier molecular flexibility index (Phi) is 7.21. The zero-order chi connectivity index (χ0) is 19.4. The average Bonchev–Trinajstić information content (AvgIpc) is 2.47. The van der Waals surface area contributed by atoms with Crippen LogP contribution in [0.2, 0.25) is 0 Å². The van der Waals surface area contributed by atoms with Crippen molar-refractivity contribution in [3.05, 3.63) is 27.3 Å². The van der Waals surface area contributed by atoms with Gasteiger partial charge in [-0.3, -0.25) is 14.4 Å². The van der Waals surface area contributed by atoms with Gasteiger partial charge in [-0.15, -0.1) is 0 Å². The summed E-state index contributed by atoms with van der Waals surface area (Å²) in [5.41, 5.74) is -0.364. The van der Waals surface area contributed by atoms with Gasteiger partial charge < -0.3 is 19.9 Å². The van der Waals surface area contributed by atoms with E-state index in [4.69, 9.17) is 14.6 Å². The molecule has 0 aliphatic rings. The van der Waals surface area contributed by atoms with Gasteiger partial charge in [0.05, 0.1) is 7.11 Å². The number of carboxylic acid groups (broad SMARTS) is 1. The number of carboxylic acids is 1. The molecule has 0 radical (unpaired) electrons. The molecule has 0 aromatic heterocycles. The molecular formula is C17H22INO6. The number of ether oxygens (including phenoxy) is 2. The molecule has 1 aromatic carbocycles. The topological polar surface area (TPSA) is 102 Å². The number of carbonyl (C=O) groups is 3. The van der Waals surface area contributed by atoms with E-state index in [0.29, 0.717) is 14.9 Å². The Labute approximate surface area is 160 Å². The van der Waals surface area contributed by atoms with Crippen molar-refractivity contribution >= 4 is 40.4 Å². The molecule has 1 rings (SSSR count). The van der Waals surface area contributed by atoms with Crippen LogP contribution in [0.15, 0.2) is 18.2 Å². The maximum Gasteiger partial charge on any atom is 0.325 e. The number of hydrogen-bond donors (Lipinski definition) is 2. The van der Waals surface area contributed by atoms with E-state index in [1.165, 1.54) is 14.0 Å². The number of benzene rings is 1. The van der Waals surface area contributed by atoms with Gasteiger partial charge in [0.25, 0.3) is 0 Å². The summed E-state index contributed by atoms with van der Waals surface area (Å²) in [6.07, 6.45) is 0. The molecule has 0 aliphatic heterocycles. The van der Waals surface area contributed by atoms with Crippen molar-refractivity contribution in [3.63, 3.8) is 0 Å². The number of carbonyl (C=O) groups excluding carboxylic acids is 2. The second-order valence-corrected chi connectivity index (χ2v) is 7.58. The molecule has 0 aliphatic carbocycles. The fourth-order valence-corrected chi connectivity index (χ4v) is 2.76. The largest absolute Gasteiger partial charge is 0.497 e. The fraction of sp³-hybridized carbons (Fsp3) is 0.471. The van der Waals surface area contributed by atoms with Gasteiger partial charge in [0.2, 0.25) is 5.91 Å². The van der Waals surface area contributed by atoms with Crippen molar-refractivity contribution in [1.29, 1.82) is 0 Å². The molecule has 8 heteroatoms. The van der Waals surface area contributed by atoms with Crippen molar-refractivity contribution in [2.45, 2.75) is 45.3 Å². The molecule has 138 valence electrons. The first-order valence-corrected chi connectivity index (χ1v) is 8.63. The second-order valence-electron chi connectivity index (χ2n) is 6.42. The van der Waals surface area contributed by atoms with E-state index in [-0.39, 0.29) is 0 Å². The monoisotopic (exact) mass is 463 g/mol. The molecule has 7 nitrogen and oxygen atoms in total. The number of halogens is 1. The third kappa shape index (κ3) is 6.18. The number of rotatable bonds is 6. The Morgan fingerprint density at radius 2 is 1.84 bits per heavy atom. The molecule has 1 amide bonds. The number of methoxy groups -OCH3 is 1. The van der Waals surface area contributed by atoms with Gasteiger partial charge in [-0.25, -0.2) is 0 Å². The molecule has 0 fully saturated rings.